The van der Waals surface area contributed by atoms with Gasteiger partial charge in [0.15, 0.2) is 0 Å². The van der Waals surface area contributed by atoms with E-state index in [1.165, 1.54) is 0 Å². The van der Waals surface area contributed by atoms with Gasteiger partial charge in [-0.15, -0.1) is 0 Å². The Bertz CT molecular complexity index is 732. The summed E-state index contributed by atoms with van der Waals surface area (Å²) >= 11 is 0. The van der Waals surface area contributed by atoms with E-state index in [1.54, 1.807) is 11.9 Å². The van der Waals surface area contributed by atoms with Crippen molar-refractivity contribution in [3.8, 4) is 11.5 Å². The van der Waals surface area contributed by atoms with Gasteiger partial charge < -0.3 is 19.1 Å². The number of amides is 1. The van der Waals surface area contributed by atoms with Crippen LogP contribution in [-0.4, -0.2) is 53.4 Å². The van der Waals surface area contributed by atoms with Crippen LogP contribution in [0.4, 0.5) is 10.7 Å². The van der Waals surface area contributed by atoms with Gasteiger partial charge in [0.1, 0.15) is 5.60 Å². The van der Waals surface area contributed by atoms with Gasteiger partial charge in [-0.2, -0.15) is 4.98 Å². The largest absolute Gasteiger partial charge is 0.441 e. The fraction of sp³-hybridized carbons (Fsp3) is 0.471. The summed E-state index contributed by atoms with van der Waals surface area (Å²) in [4.78, 5) is 20.0. The molecule has 2 fully saturated rings. The van der Waals surface area contributed by atoms with E-state index in [2.05, 4.69) is 15.0 Å². The van der Waals surface area contributed by atoms with E-state index in [1.807, 2.05) is 30.3 Å². The van der Waals surface area contributed by atoms with E-state index in [9.17, 15) is 4.79 Å². The van der Waals surface area contributed by atoms with Crippen molar-refractivity contribution in [1.29, 1.82) is 0 Å². The number of carbonyl (C=O) groups excluding carboxylic acids is 1. The molecule has 7 heteroatoms. The molecule has 2 aromatic rings. The first-order valence-corrected chi connectivity index (χ1v) is 8.23. The minimum absolute atomic E-state index is 0.227. The fourth-order valence-corrected chi connectivity index (χ4v) is 3.46. The zero-order valence-corrected chi connectivity index (χ0v) is 13.6. The maximum Gasteiger partial charge on any atom is 0.410 e. The maximum atomic E-state index is 11.7. The first-order chi connectivity index (χ1) is 11.7. The summed E-state index contributed by atoms with van der Waals surface area (Å²) in [6.45, 7) is 2.23. The molecule has 3 heterocycles. The minimum Gasteiger partial charge on any atom is -0.441 e. The molecule has 24 heavy (non-hydrogen) atoms. The number of anilines is 1. The smallest absolute Gasteiger partial charge is 0.410 e. The lowest BCUT2D eigenvalue weighted by atomic mass is 9.95. The van der Waals surface area contributed by atoms with Gasteiger partial charge in [-0.05, 0) is 30.1 Å². The molecule has 126 valence electrons. The molecule has 0 aliphatic carbocycles. The molecular formula is C17H20N4O3. The lowest BCUT2D eigenvalue weighted by Crippen LogP contribution is -2.35. The molecule has 2 aliphatic heterocycles. The molecular weight excluding hydrogens is 308 g/mol. The van der Waals surface area contributed by atoms with Gasteiger partial charge in [0, 0.05) is 32.1 Å². The second-order valence-corrected chi connectivity index (χ2v) is 6.51. The number of aromatic nitrogens is 2. The number of ether oxygens (including phenoxy) is 1. The summed E-state index contributed by atoms with van der Waals surface area (Å²) < 4.78 is 11.0. The molecule has 0 bridgehead atoms. The second kappa shape index (κ2) is 5.81. The average Bonchev–Trinajstić information content (AvgIpc) is 3.11. The van der Waals surface area contributed by atoms with Crippen LogP contribution in [0.3, 0.4) is 0 Å². The highest BCUT2D eigenvalue weighted by Gasteiger charge is 2.44. The summed E-state index contributed by atoms with van der Waals surface area (Å²) in [6.07, 6.45) is 2.34. The molecule has 1 amide bonds. The van der Waals surface area contributed by atoms with Gasteiger partial charge in [-0.25, -0.2) is 4.79 Å². The van der Waals surface area contributed by atoms with Gasteiger partial charge in [0.2, 0.25) is 0 Å². The van der Waals surface area contributed by atoms with Gasteiger partial charge >= 0.3 is 6.09 Å². The van der Waals surface area contributed by atoms with Crippen molar-refractivity contribution in [3.05, 3.63) is 30.3 Å². The van der Waals surface area contributed by atoms with Crippen molar-refractivity contribution in [2.75, 3.05) is 31.6 Å². The van der Waals surface area contributed by atoms with Gasteiger partial charge in [0.05, 0.1) is 6.54 Å². The Morgan fingerprint density at radius 2 is 2.00 bits per heavy atom. The molecule has 4 rings (SSSR count). The highest BCUT2D eigenvalue weighted by atomic mass is 16.6. The lowest BCUT2D eigenvalue weighted by molar-refractivity contribution is 0.0473. The molecule has 0 saturated carbocycles. The molecule has 1 spiro atoms. The van der Waals surface area contributed by atoms with Crippen molar-refractivity contribution >= 4 is 12.0 Å². The standard InChI is InChI=1S/C17H20N4O3/c1-20-12-17(23-16(20)22)8-5-10-21(11-9-17)15-18-14(24-19-15)13-6-3-2-4-7-13/h2-4,6-7H,5,8-12H2,1H3/t17-/m1/s1. The number of nitrogens with zero attached hydrogens (tertiary/aromatic N) is 4. The van der Waals surface area contributed by atoms with Crippen molar-refractivity contribution in [3.63, 3.8) is 0 Å². The number of rotatable bonds is 2. The van der Waals surface area contributed by atoms with E-state index in [0.717, 1.165) is 37.9 Å². The predicted octanol–water partition coefficient (Wildman–Crippen LogP) is 2.55. The van der Waals surface area contributed by atoms with E-state index in [4.69, 9.17) is 9.26 Å². The van der Waals surface area contributed by atoms with Crippen LogP contribution in [0.1, 0.15) is 19.3 Å². The number of carbonyl (C=O) groups is 1. The highest BCUT2D eigenvalue weighted by molar-refractivity contribution is 5.70. The Morgan fingerprint density at radius 3 is 2.75 bits per heavy atom. The van der Waals surface area contributed by atoms with E-state index >= 15 is 0 Å². The first-order valence-electron chi connectivity index (χ1n) is 8.23. The SMILES string of the molecule is CN1C[C@]2(CCCN(c3noc(-c4ccccc4)n3)CC2)OC1=O. The zero-order valence-electron chi connectivity index (χ0n) is 13.6. The van der Waals surface area contributed by atoms with Crippen LogP contribution in [0.15, 0.2) is 34.9 Å². The quantitative estimate of drug-likeness (QED) is 0.843. The summed E-state index contributed by atoms with van der Waals surface area (Å²) in [5, 5.41) is 4.12. The molecule has 0 N–H and O–H groups in total. The number of hydrogen-bond acceptors (Lipinski definition) is 6. The molecule has 1 aromatic heterocycles. The van der Waals surface area contributed by atoms with Crippen LogP contribution in [0.2, 0.25) is 0 Å². The Morgan fingerprint density at radius 1 is 1.17 bits per heavy atom. The zero-order chi connectivity index (χ0) is 16.6. The third-order valence-corrected chi connectivity index (χ3v) is 4.76. The summed E-state index contributed by atoms with van der Waals surface area (Å²) in [6, 6.07) is 9.74. The topological polar surface area (TPSA) is 71.7 Å². The normalized spacial score (nSPS) is 24.3. The third kappa shape index (κ3) is 2.70. The second-order valence-electron chi connectivity index (χ2n) is 6.51. The molecule has 1 aromatic carbocycles. The highest BCUT2D eigenvalue weighted by Crippen LogP contribution is 2.33. The minimum atomic E-state index is -0.368. The summed E-state index contributed by atoms with van der Waals surface area (Å²) in [7, 11) is 1.78. The molecule has 0 radical (unpaired) electrons. The van der Waals surface area contributed by atoms with Crippen LogP contribution in [0, 0.1) is 0 Å². The molecule has 1 atom stereocenters. The number of likely N-dealkylation sites (N-methyl/N-ethyl adjacent to an activating group) is 1. The predicted molar refractivity (Wildman–Crippen MR) is 87.6 cm³/mol. The van der Waals surface area contributed by atoms with Crippen LogP contribution in [-0.2, 0) is 4.74 Å². The molecule has 2 aliphatic rings. The van der Waals surface area contributed by atoms with Crippen LogP contribution < -0.4 is 4.90 Å². The van der Waals surface area contributed by atoms with Gasteiger partial charge in [-0.3, -0.25) is 0 Å². The third-order valence-electron chi connectivity index (χ3n) is 4.76. The summed E-state index contributed by atoms with van der Waals surface area (Å²) in [5.74, 6) is 1.13. The van der Waals surface area contributed by atoms with Crippen molar-refractivity contribution in [2.24, 2.45) is 0 Å². The molecule has 7 nitrogen and oxygen atoms in total. The first kappa shape index (κ1) is 15.0. The van der Waals surface area contributed by atoms with Crippen LogP contribution in [0.25, 0.3) is 11.5 Å². The maximum absolute atomic E-state index is 11.7. The van der Waals surface area contributed by atoms with Crippen LogP contribution >= 0.6 is 0 Å². The van der Waals surface area contributed by atoms with Gasteiger partial charge in [0.25, 0.3) is 11.8 Å². The van der Waals surface area contributed by atoms with E-state index < -0.39 is 0 Å². The lowest BCUT2D eigenvalue weighted by Gasteiger charge is -2.24. The monoisotopic (exact) mass is 328 g/mol. The Balaban J connectivity index is 1.48. The molecule has 2 saturated heterocycles. The Kier molecular flexibility index (Phi) is 3.63. The van der Waals surface area contributed by atoms with E-state index in [0.29, 0.717) is 18.4 Å². The van der Waals surface area contributed by atoms with Crippen LogP contribution in [0.5, 0.6) is 0 Å². The average molecular weight is 328 g/mol. The number of hydrogen-bond donors (Lipinski definition) is 0. The summed E-state index contributed by atoms with van der Waals surface area (Å²) in [5.41, 5.74) is 0.543. The van der Waals surface area contributed by atoms with Gasteiger partial charge in [-0.1, -0.05) is 18.2 Å². The molecule has 0 unspecified atom stereocenters. The Labute approximate surface area is 140 Å². The van der Waals surface area contributed by atoms with Crippen molar-refractivity contribution < 1.29 is 14.1 Å². The van der Waals surface area contributed by atoms with Crippen molar-refractivity contribution in [2.45, 2.75) is 24.9 Å². The number of benzene rings is 1. The Hall–Kier alpha value is -2.57. The fourth-order valence-electron chi connectivity index (χ4n) is 3.46. The van der Waals surface area contributed by atoms with Crippen molar-refractivity contribution in [1.82, 2.24) is 15.0 Å². The van der Waals surface area contributed by atoms with E-state index in [-0.39, 0.29) is 11.7 Å².